The second-order valence-electron chi connectivity index (χ2n) is 19.5. The monoisotopic (exact) mass is 1070 g/mol. The number of amides is 4. The molecule has 4 amide bonds. The molecule has 21 heteroatoms. The van der Waals surface area contributed by atoms with Gasteiger partial charge in [-0.25, -0.2) is 4.98 Å². The Hall–Kier alpha value is -7.82. The zero-order valence-electron chi connectivity index (χ0n) is 43.1. The van der Waals surface area contributed by atoms with E-state index in [9.17, 15) is 48.0 Å². The van der Waals surface area contributed by atoms with Crippen LogP contribution >= 0.6 is 11.3 Å². The number of ether oxygens (including phenoxy) is 4. The summed E-state index contributed by atoms with van der Waals surface area (Å²) in [7, 11) is 0. The second kappa shape index (κ2) is 23.2. The number of β-amino-alcohol motifs (C(OH)–C–C–N with tert-alkyl or cyclic N) is 1. The Labute approximate surface area is 447 Å². The summed E-state index contributed by atoms with van der Waals surface area (Å²) in [6, 6.07) is 22.3. The number of aromatic nitrogens is 1. The zero-order chi connectivity index (χ0) is 55.3. The highest BCUT2D eigenvalue weighted by Crippen LogP contribution is 2.43. The fourth-order valence-corrected chi connectivity index (χ4v) is 10.7. The first-order valence-electron chi connectivity index (χ1n) is 24.8. The third-order valence-electron chi connectivity index (χ3n) is 13.6. The van der Waals surface area contributed by atoms with Crippen molar-refractivity contribution in [1.29, 1.82) is 10.5 Å². The molecule has 3 aliphatic heterocycles. The molecule has 0 saturated carbocycles. The number of nitriles is 2. The number of likely N-dealkylation sites (tertiary alicyclic amines) is 1. The van der Waals surface area contributed by atoms with Crippen LogP contribution in [0.4, 0.5) is 24.5 Å². The van der Waals surface area contributed by atoms with Gasteiger partial charge in [0.25, 0.3) is 11.8 Å². The van der Waals surface area contributed by atoms with Gasteiger partial charge in [0, 0.05) is 37.3 Å². The molecule has 0 unspecified atom stereocenters. The first kappa shape index (κ1) is 55.4. The number of carbonyl (C=O) groups excluding carboxylic acids is 4. The van der Waals surface area contributed by atoms with Gasteiger partial charge in [-0.05, 0) is 92.4 Å². The molecule has 0 bridgehead atoms. The van der Waals surface area contributed by atoms with Crippen molar-refractivity contribution < 1.29 is 56.4 Å². The number of thiazole rings is 1. The molecule has 3 atom stereocenters. The van der Waals surface area contributed by atoms with Gasteiger partial charge in [-0.1, -0.05) is 44.7 Å². The van der Waals surface area contributed by atoms with Gasteiger partial charge < -0.3 is 44.1 Å². The van der Waals surface area contributed by atoms with Crippen LogP contribution in [0, 0.1) is 35.5 Å². The molecule has 2 N–H and O–H groups in total. The topological polar surface area (TPSA) is 211 Å². The molecule has 8 rings (SSSR count). The quantitative estimate of drug-likeness (QED) is 0.0716. The van der Waals surface area contributed by atoms with Crippen LogP contribution in [0.2, 0.25) is 0 Å². The van der Waals surface area contributed by atoms with Crippen molar-refractivity contribution in [2.45, 2.75) is 84.0 Å². The van der Waals surface area contributed by atoms with Crippen LogP contribution < -0.4 is 24.6 Å². The third-order valence-corrected chi connectivity index (χ3v) is 14.6. The summed E-state index contributed by atoms with van der Waals surface area (Å²) in [6.45, 7) is 14.3. The van der Waals surface area contributed by atoms with E-state index in [1.54, 1.807) is 72.8 Å². The highest BCUT2D eigenvalue weighted by molar-refractivity contribution is 7.13. The largest absolute Gasteiger partial charge is 0.491 e. The zero-order valence-corrected chi connectivity index (χ0v) is 43.9. The number of aliphatic hydroxyl groups is 1. The van der Waals surface area contributed by atoms with E-state index < -0.39 is 64.7 Å². The van der Waals surface area contributed by atoms with Crippen LogP contribution in [0.3, 0.4) is 0 Å². The highest BCUT2D eigenvalue weighted by Gasteiger charge is 2.50. The number of nitrogens with one attached hydrogen (secondary N) is 1. The maximum Gasteiger partial charge on any atom is 0.417 e. The van der Waals surface area contributed by atoms with Gasteiger partial charge in [-0.2, -0.15) is 23.7 Å². The average molecular weight is 1080 g/mol. The lowest BCUT2D eigenvalue weighted by Crippen LogP contribution is -2.55. The molecule has 0 radical (unpaired) electrons. The van der Waals surface area contributed by atoms with Crippen molar-refractivity contribution in [3.8, 4) is 34.1 Å². The Morgan fingerprint density at radius 3 is 2.25 bits per heavy atom. The van der Waals surface area contributed by atoms with E-state index in [4.69, 9.17) is 18.9 Å². The van der Waals surface area contributed by atoms with Crippen molar-refractivity contribution in [2.24, 2.45) is 5.92 Å². The van der Waals surface area contributed by atoms with Crippen LogP contribution in [0.5, 0.6) is 11.5 Å². The first-order valence-corrected chi connectivity index (χ1v) is 25.7. The van der Waals surface area contributed by atoms with Crippen LogP contribution in [-0.2, 0) is 43.1 Å². The summed E-state index contributed by atoms with van der Waals surface area (Å²) in [4.78, 5) is 66.5. The number of carbonyl (C=O) groups is 4. The summed E-state index contributed by atoms with van der Waals surface area (Å²) < 4.78 is 64.9. The van der Waals surface area contributed by atoms with E-state index in [0.717, 1.165) is 33.2 Å². The van der Waals surface area contributed by atoms with E-state index in [1.165, 1.54) is 27.2 Å². The predicted octanol–water partition coefficient (Wildman–Crippen LogP) is 7.73. The lowest BCUT2D eigenvalue weighted by molar-refractivity contribution is -0.143. The number of rotatable bonds is 20. The standard InChI is InChI=1S/C56H57F3N8O9S/c1-33(2)49(65-30-40-9-7-8-38(28-61)48(40)52(65)70)53(71)64-31-43(68)26-46(64)51(69)62-29-39-11-10-36(50-34(3)63-32-77-50)24-47(39)76-23-21-74-19-18-73-20-22-75-44-16-14-41(15-17-44)67-35(4)66(54(72)55(67,5)6)42-13-12-37(27-60)45(25-42)56(57,58)59/h7-17,24-25,32-33,43,46,49,68H,4,18-23,26,29-31H2,1-3,5-6H3,(H,62,69)/t43-,46+,49+/m1/s1. The molecule has 2 fully saturated rings. The molecule has 17 nitrogen and oxygen atoms in total. The van der Waals surface area contributed by atoms with Gasteiger partial charge in [0.15, 0.2) is 0 Å². The normalized spacial score (nSPS) is 17.4. The van der Waals surface area contributed by atoms with Crippen LogP contribution in [0.25, 0.3) is 10.4 Å². The number of fused-ring (bicyclic) bond motifs is 1. The summed E-state index contributed by atoms with van der Waals surface area (Å²) in [6.07, 6.45) is -5.75. The SMILES string of the molecule is C=C1N(c2ccc(C#N)c(C(F)(F)F)c2)C(=O)C(C)(C)N1c1ccc(OCCOCCOCCOc2cc(-c3scnc3C)ccc2CNC(=O)[C@@H]2C[C@@H](O)CN2C(=O)[C@H](C(C)C)N2Cc3cccc(C#N)c3C2=O)cc1. The maximum atomic E-state index is 14.3. The minimum absolute atomic E-state index is 0.0124. The number of nitrogens with zero attached hydrogens (tertiary/aromatic N) is 7. The molecule has 4 heterocycles. The fourth-order valence-electron chi connectivity index (χ4n) is 9.90. The van der Waals surface area contributed by atoms with E-state index >= 15 is 0 Å². The molecule has 3 aliphatic rings. The smallest absolute Gasteiger partial charge is 0.417 e. The predicted molar refractivity (Wildman–Crippen MR) is 278 cm³/mol. The van der Waals surface area contributed by atoms with Gasteiger partial charge in [0.05, 0.1) is 88.7 Å². The molecular formula is C56H57F3N8O9S. The molecule has 0 spiro atoms. The minimum atomic E-state index is -4.80. The molecular weight excluding hydrogens is 1020 g/mol. The molecule has 0 aliphatic carbocycles. The lowest BCUT2D eigenvalue weighted by Gasteiger charge is -2.35. The van der Waals surface area contributed by atoms with E-state index in [1.807, 2.05) is 39.0 Å². The van der Waals surface area contributed by atoms with E-state index in [-0.39, 0.29) is 94.2 Å². The minimum Gasteiger partial charge on any atom is -0.491 e. The molecule has 4 aromatic carbocycles. The molecule has 5 aromatic rings. The van der Waals surface area contributed by atoms with Gasteiger partial charge in [0.2, 0.25) is 11.8 Å². The van der Waals surface area contributed by atoms with E-state index in [0.29, 0.717) is 28.3 Å². The summed E-state index contributed by atoms with van der Waals surface area (Å²) >= 11 is 1.48. The number of benzene rings is 4. The molecule has 402 valence electrons. The van der Waals surface area contributed by atoms with Crippen molar-refractivity contribution in [3.05, 3.63) is 136 Å². The summed E-state index contributed by atoms with van der Waals surface area (Å²) in [5, 5.41) is 32.6. The van der Waals surface area contributed by atoms with Gasteiger partial charge >= 0.3 is 6.18 Å². The number of halogens is 3. The number of alkyl halides is 3. The van der Waals surface area contributed by atoms with Crippen LogP contribution in [0.15, 0.2) is 96.8 Å². The second-order valence-corrected chi connectivity index (χ2v) is 20.3. The van der Waals surface area contributed by atoms with Crippen molar-refractivity contribution in [2.75, 3.05) is 56.0 Å². The van der Waals surface area contributed by atoms with Crippen molar-refractivity contribution >= 4 is 46.3 Å². The maximum absolute atomic E-state index is 14.3. The van der Waals surface area contributed by atoms with Crippen LogP contribution in [0.1, 0.15) is 78.0 Å². The fraction of sp³-hybridized carbons (Fsp3) is 0.375. The third kappa shape index (κ3) is 11.6. The molecule has 77 heavy (non-hydrogen) atoms. The van der Waals surface area contributed by atoms with E-state index in [2.05, 4.69) is 22.9 Å². The molecule has 2 saturated heterocycles. The lowest BCUT2D eigenvalue weighted by atomic mass is 10.00. The van der Waals surface area contributed by atoms with Crippen molar-refractivity contribution in [3.63, 3.8) is 0 Å². The van der Waals surface area contributed by atoms with Gasteiger partial charge in [-0.15, -0.1) is 11.3 Å². The Kier molecular flexibility index (Phi) is 16.7. The Morgan fingerprint density at radius 1 is 0.922 bits per heavy atom. The number of aryl methyl sites for hydroxylation is 1. The summed E-state index contributed by atoms with van der Waals surface area (Å²) in [5.74, 6) is -1.04. The number of hydrogen-bond acceptors (Lipinski definition) is 14. The summed E-state index contributed by atoms with van der Waals surface area (Å²) in [5.41, 5.74) is 2.88. The van der Waals surface area contributed by atoms with Crippen molar-refractivity contribution in [1.82, 2.24) is 20.1 Å². The Morgan fingerprint density at radius 2 is 1.60 bits per heavy atom. The number of anilines is 2. The van der Waals surface area contributed by atoms with Crippen LogP contribution in [-0.4, -0.2) is 113 Å². The number of aliphatic hydroxyl groups excluding tert-OH is 1. The average Bonchev–Trinajstić information content (AvgIpc) is 4.15. The van der Waals surface area contributed by atoms with Gasteiger partial charge in [0.1, 0.15) is 48.2 Å². The van der Waals surface area contributed by atoms with Gasteiger partial charge in [-0.3, -0.25) is 24.1 Å². The highest BCUT2D eigenvalue weighted by atomic mass is 32.1. The Bertz CT molecular complexity index is 3150. The number of hydrogen-bond donors (Lipinski definition) is 2. The molecule has 1 aromatic heterocycles. The first-order chi connectivity index (χ1) is 36.7. The Balaban J connectivity index is 0.803.